The van der Waals surface area contributed by atoms with Crippen LogP contribution in [-0.4, -0.2) is 33.7 Å². The number of aliphatic imine (C=N–C) groups is 1. The highest BCUT2D eigenvalue weighted by molar-refractivity contribution is 9.10. The molecule has 32 heavy (non-hydrogen) atoms. The van der Waals surface area contributed by atoms with E-state index in [1.54, 1.807) is 12.1 Å². The fourth-order valence-corrected chi connectivity index (χ4v) is 5.75. The van der Waals surface area contributed by atoms with Crippen LogP contribution in [0.5, 0.6) is 11.5 Å². The second kappa shape index (κ2) is 10.1. The van der Waals surface area contributed by atoms with Crippen LogP contribution in [0.25, 0.3) is 6.08 Å². The molecule has 5 nitrogen and oxygen atoms in total. The van der Waals surface area contributed by atoms with Crippen molar-refractivity contribution in [2.75, 3.05) is 6.61 Å². The van der Waals surface area contributed by atoms with E-state index in [-0.39, 0.29) is 17.7 Å². The quantitative estimate of drug-likeness (QED) is 0.449. The predicted molar refractivity (Wildman–Crippen MR) is 134 cm³/mol. The fraction of sp³-hybridized carbons (Fsp3) is 0.360. The molecule has 4 rings (SSSR count). The second-order valence-corrected chi connectivity index (χ2v) is 9.99. The summed E-state index contributed by atoms with van der Waals surface area (Å²) in [6.45, 7) is 4.54. The molecular formula is C25H27BrN2O3S. The number of benzene rings is 2. The molecule has 1 saturated heterocycles. The topological polar surface area (TPSA) is 62.1 Å². The van der Waals surface area contributed by atoms with Crippen molar-refractivity contribution < 1.29 is 14.6 Å². The zero-order valence-electron chi connectivity index (χ0n) is 18.3. The number of phenolic OH excluding ortho intramolecular Hbond substituents is 1. The van der Waals surface area contributed by atoms with Crippen molar-refractivity contribution in [3.05, 3.63) is 57.4 Å². The number of aromatic hydroxyl groups is 1. The summed E-state index contributed by atoms with van der Waals surface area (Å²) in [4.78, 5) is 21.0. The van der Waals surface area contributed by atoms with Gasteiger partial charge in [-0.1, -0.05) is 38.0 Å². The van der Waals surface area contributed by atoms with E-state index in [4.69, 9.17) is 9.73 Å². The lowest BCUT2D eigenvalue weighted by molar-refractivity contribution is -0.124. The Morgan fingerprint density at radius 3 is 2.72 bits per heavy atom. The van der Waals surface area contributed by atoms with Crippen molar-refractivity contribution in [3.8, 4) is 11.5 Å². The largest absolute Gasteiger partial charge is 0.503 e. The number of carbonyl (C=O) groups excluding carboxylic acids is 1. The van der Waals surface area contributed by atoms with Crippen molar-refractivity contribution in [1.82, 2.24) is 4.90 Å². The number of rotatable bonds is 5. The fourth-order valence-electron chi connectivity index (χ4n) is 4.24. The van der Waals surface area contributed by atoms with Crippen molar-refractivity contribution in [1.29, 1.82) is 0 Å². The monoisotopic (exact) mass is 514 g/mol. The third-order valence-corrected chi connectivity index (χ3v) is 7.45. The van der Waals surface area contributed by atoms with Gasteiger partial charge in [-0.2, -0.15) is 0 Å². The molecule has 1 saturated carbocycles. The number of hydrogen-bond donors (Lipinski definition) is 1. The SMILES string of the molecule is CCOc1cc(/C=C2\SC(=Nc3ccccc3)N([C@H]3CCCC[C@@H]3C)C2=O)cc(Br)c1O. The van der Waals surface area contributed by atoms with Crippen molar-refractivity contribution in [2.45, 2.75) is 45.6 Å². The molecule has 2 aliphatic rings. The Morgan fingerprint density at radius 1 is 1.25 bits per heavy atom. The molecule has 0 spiro atoms. The van der Waals surface area contributed by atoms with Crippen molar-refractivity contribution in [3.63, 3.8) is 0 Å². The van der Waals surface area contributed by atoms with Crippen LogP contribution in [0.15, 0.2) is 56.8 Å². The van der Waals surface area contributed by atoms with Gasteiger partial charge >= 0.3 is 0 Å². The molecule has 2 fully saturated rings. The number of amides is 1. The minimum Gasteiger partial charge on any atom is -0.503 e. The van der Waals surface area contributed by atoms with Gasteiger partial charge in [-0.3, -0.25) is 9.69 Å². The highest BCUT2D eigenvalue weighted by Crippen LogP contribution is 2.41. The first kappa shape index (κ1) is 22.9. The van der Waals surface area contributed by atoms with Crippen LogP contribution >= 0.6 is 27.7 Å². The van der Waals surface area contributed by atoms with Gasteiger partial charge in [0.1, 0.15) is 0 Å². The van der Waals surface area contributed by atoms with Gasteiger partial charge in [0.15, 0.2) is 16.7 Å². The van der Waals surface area contributed by atoms with E-state index < -0.39 is 0 Å². The lowest BCUT2D eigenvalue weighted by Crippen LogP contribution is -2.44. The van der Waals surface area contributed by atoms with Gasteiger partial charge in [-0.25, -0.2) is 4.99 Å². The smallest absolute Gasteiger partial charge is 0.267 e. The van der Waals surface area contributed by atoms with Crippen LogP contribution in [0.3, 0.4) is 0 Å². The van der Waals surface area contributed by atoms with E-state index in [1.807, 2.05) is 48.2 Å². The Hall–Kier alpha value is -2.25. The highest BCUT2D eigenvalue weighted by Gasteiger charge is 2.41. The molecule has 2 aromatic rings. The zero-order valence-corrected chi connectivity index (χ0v) is 20.7. The molecule has 1 aliphatic carbocycles. The molecule has 1 N–H and O–H groups in total. The van der Waals surface area contributed by atoms with Gasteiger partial charge in [-0.05, 0) is 89.3 Å². The summed E-state index contributed by atoms with van der Waals surface area (Å²) in [7, 11) is 0. The lowest BCUT2D eigenvalue weighted by atomic mass is 9.85. The van der Waals surface area contributed by atoms with Crippen LogP contribution in [0.4, 0.5) is 5.69 Å². The molecule has 0 aromatic heterocycles. The summed E-state index contributed by atoms with van der Waals surface area (Å²) in [5, 5.41) is 11.0. The number of carbonyl (C=O) groups is 1. The normalized spacial score (nSPS) is 23.8. The number of phenols is 1. The Kier molecular flexibility index (Phi) is 7.26. The second-order valence-electron chi connectivity index (χ2n) is 8.13. The Balaban J connectivity index is 1.73. The first-order valence-corrected chi connectivity index (χ1v) is 12.6. The zero-order chi connectivity index (χ0) is 22.7. The van der Waals surface area contributed by atoms with Gasteiger partial charge in [-0.15, -0.1) is 0 Å². The standard InChI is InChI=1S/C25H27BrN2O3S/c1-3-31-21-14-17(13-19(26)23(21)29)15-22-24(30)28(20-12-8-7-9-16(20)2)25(32-22)27-18-10-5-4-6-11-18/h4-6,10-11,13-16,20,29H,3,7-9,12H2,1-2H3/b22-15-,27-25?/t16-,20-/m0/s1. The molecule has 1 heterocycles. The van der Waals surface area contributed by atoms with Crippen LogP contribution in [0, 0.1) is 5.92 Å². The molecule has 1 amide bonds. The average molecular weight is 515 g/mol. The summed E-state index contributed by atoms with van der Waals surface area (Å²) >= 11 is 4.80. The Bertz CT molecular complexity index is 1050. The minimum absolute atomic E-state index is 0.00871. The van der Waals surface area contributed by atoms with Gasteiger partial charge < -0.3 is 9.84 Å². The summed E-state index contributed by atoms with van der Waals surface area (Å²) in [5.74, 6) is 0.870. The Labute approximate surface area is 201 Å². The third-order valence-electron chi connectivity index (χ3n) is 5.86. The molecule has 168 valence electrons. The van der Waals surface area contributed by atoms with Crippen molar-refractivity contribution in [2.24, 2.45) is 10.9 Å². The number of hydrogen-bond acceptors (Lipinski definition) is 5. The molecule has 0 bridgehead atoms. The van der Waals surface area contributed by atoms with Gasteiger partial charge in [0.25, 0.3) is 5.91 Å². The van der Waals surface area contributed by atoms with Crippen LogP contribution in [0.1, 0.15) is 45.1 Å². The van der Waals surface area contributed by atoms with Crippen LogP contribution < -0.4 is 4.74 Å². The number of para-hydroxylation sites is 1. The van der Waals surface area contributed by atoms with E-state index in [0.29, 0.717) is 27.7 Å². The van der Waals surface area contributed by atoms with E-state index >= 15 is 0 Å². The lowest BCUT2D eigenvalue weighted by Gasteiger charge is -2.35. The highest BCUT2D eigenvalue weighted by atomic mass is 79.9. The number of thioether (sulfide) groups is 1. The average Bonchev–Trinajstić information content (AvgIpc) is 3.07. The summed E-state index contributed by atoms with van der Waals surface area (Å²) < 4.78 is 6.07. The van der Waals surface area contributed by atoms with Crippen molar-refractivity contribution >= 4 is 50.5 Å². The molecule has 2 aromatic carbocycles. The van der Waals surface area contributed by atoms with E-state index in [9.17, 15) is 9.90 Å². The number of nitrogens with zero attached hydrogens (tertiary/aromatic N) is 2. The van der Waals surface area contributed by atoms with Gasteiger partial charge in [0, 0.05) is 6.04 Å². The maximum Gasteiger partial charge on any atom is 0.267 e. The maximum absolute atomic E-state index is 13.6. The van der Waals surface area contributed by atoms with Gasteiger partial charge in [0.05, 0.1) is 21.7 Å². The van der Waals surface area contributed by atoms with Crippen LogP contribution in [0.2, 0.25) is 0 Å². The van der Waals surface area contributed by atoms with E-state index in [2.05, 4.69) is 22.9 Å². The number of amidine groups is 1. The number of ether oxygens (including phenoxy) is 1. The summed E-state index contributed by atoms with van der Waals surface area (Å²) in [6, 6.07) is 13.5. The summed E-state index contributed by atoms with van der Waals surface area (Å²) in [5.41, 5.74) is 1.62. The molecule has 7 heteroatoms. The van der Waals surface area contributed by atoms with E-state index in [0.717, 1.165) is 35.7 Å². The third kappa shape index (κ3) is 4.89. The molecule has 1 aliphatic heterocycles. The molecule has 0 unspecified atom stereocenters. The number of halogens is 1. The van der Waals surface area contributed by atoms with Gasteiger partial charge in [0.2, 0.25) is 0 Å². The molecule has 2 atom stereocenters. The Morgan fingerprint density at radius 2 is 2.00 bits per heavy atom. The molecule has 0 radical (unpaired) electrons. The van der Waals surface area contributed by atoms with Crippen LogP contribution in [-0.2, 0) is 4.79 Å². The summed E-state index contributed by atoms with van der Waals surface area (Å²) in [6.07, 6.45) is 6.31. The predicted octanol–water partition coefficient (Wildman–Crippen LogP) is 6.74. The van der Waals surface area contributed by atoms with E-state index in [1.165, 1.54) is 18.2 Å². The molecular weight excluding hydrogens is 488 g/mol. The minimum atomic E-state index is -0.00871. The first-order valence-electron chi connectivity index (χ1n) is 11.0. The maximum atomic E-state index is 13.6. The first-order chi connectivity index (χ1) is 15.5.